The summed E-state index contributed by atoms with van der Waals surface area (Å²) in [5.41, 5.74) is 0. The molecule has 0 atom stereocenters. The van der Waals surface area contributed by atoms with Crippen molar-refractivity contribution in [3.8, 4) is 0 Å². The van der Waals surface area contributed by atoms with Crippen LogP contribution in [0.15, 0.2) is 0 Å². The first-order chi connectivity index (χ1) is 7.20. The summed E-state index contributed by atoms with van der Waals surface area (Å²) in [6, 6.07) is 0. The van der Waals surface area contributed by atoms with E-state index in [-0.39, 0.29) is 56.6 Å². The molecule has 0 fully saturated rings. The fourth-order valence-corrected chi connectivity index (χ4v) is 1.18. The molecule has 98 valence electrons. The zero-order chi connectivity index (χ0) is 11.5. The quantitative estimate of drug-likeness (QED) is 0.387. The average molecular weight is 396 g/mol. The molecular weight excluding hydrogens is 379 g/mol. The van der Waals surface area contributed by atoms with Gasteiger partial charge in [-0.3, -0.25) is 9.59 Å². The summed E-state index contributed by atoms with van der Waals surface area (Å²) in [6.07, 6.45) is 3.18. The Kier molecular flexibility index (Phi) is 16.0. The van der Waals surface area contributed by atoms with Crippen LogP contribution in [0.5, 0.6) is 0 Å². The van der Waals surface area contributed by atoms with Crippen molar-refractivity contribution in [3.63, 3.8) is 0 Å². The van der Waals surface area contributed by atoms with Crippen LogP contribution in [0.4, 0.5) is 0 Å². The maximum atomic E-state index is 11.0. The van der Waals surface area contributed by atoms with E-state index in [4.69, 9.17) is 5.11 Å². The van der Waals surface area contributed by atoms with Gasteiger partial charge in [-0.05, 0) is 12.8 Å². The predicted molar refractivity (Wildman–Crippen MR) is 58.7 cm³/mol. The summed E-state index contributed by atoms with van der Waals surface area (Å²) in [6.45, 7) is 0.266. The second kappa shape index (κ2) is 13.6. The molecule has 0 radical (unpaired) electrons. The van der Waals surface area contributed by atoms with Gasteiger partial charge in [0.05, 0.1) is 6.61 Å². The molecule has 0 aliphatic rings. The molecule has 0 saturated heterocycles. The Balaban J connectivity index is 0. The molecule has 0 unspecified atom stereocenters. The van der Waals surface area contributed by atoms with Crippen LogP contribution in [0.1, 0.15) is 32.1 Å². The zero-order valence-electron chi connectivity index (χ0n) is 8.94. The van der Waals surface area contributed by atoms with E-state index in [1.54, 1.807) is 0 Å². The van der Waals surface area contributed by atoms with E-state index in [1.165, 1.54) is 0 Å². The van der Waals surface area contributed by atoms with Gasteiger partial charge in [-0.15, -0.1) is 0 Å². The molecule has 0 aromatic carbocycles. The second-order valence-electron chi connectivity index (χ2n) is 3.16. The molecule has 0 aliphatic heterocycles. The monoisotopic (exact) mass is 397 g/mol. The standard InChI is InChI=1S/C9H17N2O3S.Dy/c12-7-6-10-8(13)4-2-1-3-5-9(14)11-15;/h12H,1-7H2,(H2-,10,11,13,14,15);/q-1;. The predicted octanol–water partition coefficient (Wildman–Crippen LogP) is -0.377. The molecule has 0 aromatic rings. The normalized spacial score (nSPS) is 9.12. The number of carbonyl (C=O) groups is 2. The fraction of sp³-hybridized carbons (Fsp3) is 0.778. The average Bonchev–Trinajstić information content (AvgIpc) is 2.25. The van der Waals surface area contributed by atoms with Gasteiger partial charge in [0.25, 0.3) is 0 Å². The largest absolute Gasteiger partial charge is 0.668 e. The van der Waals surface area contributed by atoms with Crippen LogP contribution in [-0.4, -0.2) is 30.1 Å². The van der Waals surface area contributed by atoms with Gasteiger partial charge < -0.3 is 28.0 Å². The number of rotatable bonds is 8. The maximum Gasteiger partial charge on any atom is 0.220 e. The van der Waals surface area contributed by atoms with Crippen LogP contribution in [0.3, 0.4) is 0 Å². The molecule has 16 heavy (non-hydrogen) atoms. The third-order valence-electron chi connectivity index (χ3n) is 1.86. The summed E-state index contributed by atoms with van der Waals surface area (Å²) < 4.78 is 2.13. The van der Waals surface area contributed by atoms with E-state index < -0.39 is 0 Å². The summed E-state index contributed by atoms with van der Waals surface area (Å²) >= 11 is 4.35. The van der Waals surface area contributed by atoms with Crippen molar-refractivity contribution < 1.29 is 52.9 Å². The minimum atomic E-state index is -0.144. The fourth-order valence-electron chi connectivity index (χ4n) is 1.08. The molecule has 0 saturated carbocycles. The molecular formula is C9H17DyN2O3S-. The molecule has 0 aromatic heterocycles. The van der Waals surface area contributed by atoms with Crippen LogP contribution in [0.25, 0.3) is 0 Å². The number of carbonyl (C=O) groups excluding carboxylic acids is 2. The van der Waals surface area contributed by atoms with Gasteiger partial charge in [0.15, 0.2) is 5.91 Å². The van der Waals surface area contributed by atoms with Crippen molar-refractivity contribution in [2.45, 2.75) is 32.1 Å². The van der Waals surface area contributed by atoms with Gasteiger partial charge >= 0.3 is 0 Å². The van der Waals surface area contributed by atoms with Crippen LogP contribution in [-0.2, 0) is 22.4 Å². The summed E-state index contributed by atoms with van der Waals surface area (Å²) in [5.74, 6) is -0.202. The topological polar surface area (TPSA) is 78.4 Å². The molecule has 2 amide bonds. The first-order valence-corrected chi connectivity index (χ1v) is 5.40. The molecule has 0 bridgehead atoms. The van der Waals surface area contributed by atoms with Crippen molar-refractivity contribution in [2.24, 2.45) is 0 Å². The van der Waals surface area contributed by atoms with E-state index in [9.17, 15) is 9.59 Å². The van der Waals surface area contributed by atoms with Crippen LogP contribution >= 0.6 is 0 Å². The number of nitrogens with one attached hydrogen (secondary N) is 2. The Hall–Kier alpha value is 0.523. The Morgan fingerprint density at radius 1 is 1.06 bits per heavy atom. The van der Waals surface area contributed by atoms with Crippen molar-refractivity contribution >= 4 is 24.6 Å². The van der Waals surface area contributed by atoms with E-state index in [2.05, 4.69) is 22.9 Å². The van der Waals surface area contributed by atoms with Crippen LogP contribution in [0.2, 0.25) is 0 Å². The zero-order valence-corrected chi connectivity index (χ0v) is 11.8. The van der Waals surface area contributed by atoms with Gasteiger partial charge in [0, 0.05) is 57.6 Å². The molecule has 5 nitrogen and oxygen atoms in total. The number of aliphatic hydroxyl groups is 1. The van der Waals surface area contributed by atoms with Crippen molar-refractivity contribution in [2.75, 3.05) is 13.2 Å². The van der Waals surface area contributed by atoms with Crippen LogP contribution in [0, 0.1) is 38.2 Å². The minimum Gasteiger partial charge on any atom is -0.668 e. The van der Waals surface area contributed by atoms with Gasteiger partial charge in [-0.1, -0.05) is 6.42 Å². The second-order valence-corrected chi connectivity index (χ2v) is 3.36. The van der Waals surface area contributed by atoms with Gasteiger partial charge in [-0.2, -0.15) is 0 Å². The van der Waals surface area contributed by atoms with Crippen molar-refractivity contribution in [3.05, 3.63) is 0 Å². The summed E-state index contributed by atoms with van der Waals surface area (Å²) in [7, 11) is 0. The first kappa shape index (κ1) is 18.9. The Morgan fingerprint density at radius 3 is 2.12 bits per heavy atom. The number of hydrogen-bond donors (Lipinski definition) is 3. The molecule has 0 aliphatic carbocycles. The molecule has 3 N–H and O–H groups in total. The number of amides is 2. The van der Waals surface area contributed by atoms with Gasteiger partial charge in [0.1, 0.15) is 0 Å². The van der Waals surface area contributed by atoms with Gasteiger partial charge in [-0.25, -0.2) is 0 Å². The van der Waals surface area contributed by atoms with Gasteiger partial charge in [0.2, 0.25) is 5.91 Å². The third-order valence-corrected chi connectivity index (χ3v) is 2.08. The third kappa shape index (κ3) is 12.6. The Bertz CT molecular complexity index is 205. The van der Waals surface area contributed by atoms with Crippen molar-refractivity contribution in [1.29, 1.82) is 0 Å². The number of aliphatic hydroxyl groups excluding tert-OH is 1. The summed E-state index contributed by atoms with van der Waals surface area (Å²) in [4.78, 5) is 21.8. The van der Waals surface area contributed by atoms with E-state index in [1.807, 2.05) is 0 Å². The molecule has 0 heterocycles. The number of unbranched alkanes of at least 4 members (excludes halogenated alkanes) is 2. The molecule has 0 rings (SSSR count). The van der Waals surface area contributed by atoms with E-state index >= 15 is 0 Å². The molecule has 7 heteroatoms. The van der Waals surface area contributed by atoms with Crippen LogP contribution < -0.4 is 10.0 Å². The first-order valence-electron chi connectivity index (χ1n) is 4.99. The summed E-state index contributed by atoms with van der Waals surface area (Å²) in [5, 5.41) is 11.0. The minimum absolute atomic E-state index is 0. The Morgan fingerprint density at radius 2 is 1.62 bits per heavy atom. The van der Waals surface area contributed by atoms with E-state index in [0.29, 0.717) is 19.4 Å². The maximum absolute atomic E-state index is 11.0. The molecule has 0 spiro atoms. The Labute approximate surface area is 132 Å². The van der Waals surface area contributed by atoms with Crippen molar-refractivity contribution in [1.82, 2.24) is 10.0 Å². The number of hydrogen-bond acceptors (Lipinski definition) is 4. The smallest absolute Gasteiger partial charge is 0.220 e. The SMILES string of the molecule is O=C(CCCCCC(=O)NCCO)N[S-].[Dy]. The van der Waals surface area contributed by atoms with E-state index in [0.717, 1.165) is 19.3 Å².